The van der Waals surface area contributed by atoms with E-state index in [0.29, 0.717) is 6.61 Å². The maximum Gasteiger partial charge on any atom is 0.119 e. The number of ether oxygens (including phenoxy) is 1. The first-order valence-electron chi connectivity index (χ1n) is 5.85. The second kappa shape index (κ2) is 6.03. The van der Waals surface area contributed by atoms with Crippen LogP contribution in [0, 0.1) is 6.92 Å². The number of rotatable bonds is 4. The monoisotopic (exact) mass is 305 g/mol. The molecule has 0 fully saturated rings. The topological polar surface area (TPSA) is 35.2 Å². The lowest BCUT2D eigenvalue weighted by Gasteiger charge is -2.14. The van der Waals surface area contributed by atoms with Crippen molar-refractivity contribution < 1.29 is 4.74 Å². The summed E-state index contributed by atoms with van der Waals surface area (Å²) >= 11 is 3.44. The smallest absolute Gasteiger partial charge is 0.119 e. The third-order valence-corrected chi connectivity index (χ3v) is 3.22. The first kappa shape index (κ1) is 13.1. The van der Waals surface area contributed by atoms with Crippen LogP contribution in [0.3, 0.4) is 0 Å². The van der Waals surface area contributed by atoms with E-state index in [1.165, 1.54) is 5.56 Å². The number of halogens is 1. The summed E-state index contributed by atoms with van der Waals surface area (Å²) in [6.07, 6.45) is 0. The molecule has 0 saturated carbocycles. The highest BCUT2D eigenvalue weighted by Gasteiger charge is 2.07. The zero-order valence-electron chi connectivity index (χ0n) is 10.3. The summed E-state index contributed by atoms with van der Waals surface area (Å²) in [5.41, 5.74) is 8.38. The van der Waals surface area contributed by atoms with Crippen LogP contribution in [0.25, 0.3) is 0 Å². The molecule has 0 amide bonds. The van der Waals surface area contributed by atoms with Gasteiger partial charge in [0.15, 0.2) is 0 Å². The average Bonchev–Trinajstić information content (AvgIpc) is 2.38. The van der Waals surface area contributed by atoms with E-state index >= 15 is 0 Å². The van der Waals surface area contributed by atoms with Crippen molar-refractivity contribution in [1.82, 2.24) is 0 Å². The molecular formula is C15H16BrNO. The van der Waals surface area contributed by atoms with Crippen molar-refractivity contribution in [3.63, 3.8) is 0 Å². The molecule has 0 radical (unpaired) electrons. The zero-order chi connectivity index (χ0) is 13.0. The Kier molecular flexibility index (Phi) is 4.39. The molecule has 0 spiro atoms. The summed E-state index contributed by atoms with van der Waals surface area (Å²) in [4.78, 5) is 0. The quantitative estimate of drug-likeness (QED) is 0.931. The van der Waals surface area contributed by atoms with Gasteiger partial charge in [-0.3, -0.25) is 0 Å². The molecule has 0 bridgehead atoms. The Morgan fingerprint density at radius 2 is 1.89 bits per heavy atom. The minimum atomic E-state index is -0.121. The van der Waals surface area contributed by atoms with Crippen molar-refractivity contribution in [2.45, 2.75) is 13.0 Å². The highest BCUT2D eigenvalue weighted by atomic mass is 79.9. The molecule has 1 atom stereocenters. The standard InChI is InChI=1S/C15H16BrNO/c1-11-5-7-14(8-6-11)18-10-15(17)12-3-2-4-13(16)9-12/h2-9,15H,10,17H2,1H3. The Balaban J connectivity index is 1.96. The molecule has 0 saturated heterocycles. The maximum atomic E-state index is 6.10. The van der Waals surface area contributed by atoms with E-state index < -0.39 is 0 Å². The van der Waals surface area contributed by atoms with Gasteiger partial charge in [-0.05, 0) is 36.8 Å². The number of hydrogen-bond donors (Lipinski definition) is 1. The molecular weight excluding hydrogens is 290 g/mol. The fourth-order valence-electron chi connectivity index (χ4n) is 1.65. The molecule has 3 heteroatoms. The van der Waals surface area contributed by atoms with Crippen molar-refractivity contribution in [2.75, 3.05) is 6.61 Å². The van der Waals surface area contributed by atoms with Gasteiger partial charge < -0.3 is 10.5 Å². The first-order chi connectivity index (χ1) is 8.65. The van der Waals surface area contributed by atoms with Crippen LogP contribution in [0.1, 0.15) is 17.2 Å². The molecule has 0 aliphatic rings. The molecule has 0 heterocycles. The molecule has 2 aromatic carbocycles. The molecule has 2 nitrogen and oxygen atoms in total. The summed E-state index contributed by atoms with van der Waals surface area (Å²) in [6.45, 7) is 2.52. The van der Waals surface area contributed by atoms with Crippen molar-refractivity contribution in [1.29, 1.82) is 0 Å². The number of benzene rings is 2. The van der Waals surface area contributed by atoms with E-state index in [2.05, 4.69) is 22.9 Å². The van der Waals surface area contributed by atoms with Gasteiger partial charge in [0.05, 0.1) is 6.04 Å². The first-order valence-corrected chi connectivity index (χ1v) is 6.65. The van der Waals surface area contributed by atoms with Crippen LogP contribution in [0.5, 0.6) is 5.75 Å². The van der Waals surface area contributed by atoms with Crippen molar-refractivity contribution in [3.8, 4) is 5.75 Å². The summed E-state index contributed by atoms with van der Waals surface area (Å²) < 4.78 is 6.71. The Morgan fingerprint density at radius 1 is 1.17 bits per heavy atom. The van der Waals surface area contributed by atoms with Crippen LogP contribution in [-0.4, -0.2) is 6.61 Å². The fraction of sp³-hybridized carbons (Fsp3) is 0.200. The van der Waals surface area contributed by atoms with Crippen molar-refractivity contribution >= 4 is 15.9 Å². The molecule has 2 rings (SSSR count). The minimum absolute atomic E-state index is 0.121. The lowest BCUT2D eigenvalue weighted by Crippen LogP contribution is -2.18. The van der Waals surface area contributed by atoms with Gasteiger partial charge in [-0.15, -0.1) is 0 Å². The van der Waals surface area contributed by atoms with Gasteiger partial charge in [0.25, 0.3) is 0 Å². The zero-order valence-corrected chi connectivity index (χ0v) is 11.9. The van der Waals surface area contributed by atoms with Crippen molar-refractivity contribution in [3.05, 3.63) is 64.1 Å². The lowest BCUT2D eigenvalue weighted by atomic mass is 10.1. The predicted octanol–water partition coefficient (Wildman–Crippen LogP) is 3.84. The molecule has 0 aromatic heterocycles. The highest BCUT2D eigenvalue weighted by molar-refractivity contribution is 9.10. The van der Waals surface area contributed by atoms with Crippen molar-refractivity contribution in [2.24, 2.45) is 5.73 Å². The number of hydrogen-bond acceptors (Lipinski definition) is 2. The second-order valence-corrected chi connectivity index (χ2v) is 5.20. The van der Waals surface area contributed by atoms with Crippen LogP contribution < -0.4 is 10.5 Å². The van der Waals surface area contributed by atoms with E-state index in [4.69, 9.17) is 10.5 Å². The van der Waals surface area contributed by atoms with Crippen LogP contribution in [0.4, 0.5) is 0 Å². The number of nitrogens with two attached hydrogens (primary N) is 1. The van der Waals surface area contributed by atoms with E-state index in [0.717, 1.165) is 15.8 Å². The van der Waals surface area contributed by atoms with E-state index in [1.54, 1.807) is 0 Å². The Bertz CT molecular complexity index is 510. The molecule has 0 aliphatic carbocycles. The van der Waals surface area contributed by atoms with Gasteiger partial charge in [0.2, 0.25) is 0 Å². The van der Waals surface area contributed by atoms with E-state index in [1.807, 2.05) is 48.5 Å². The summed E-state index contributed by atoms with van der Waals surface area (Å²) in [7, 11) is 0. The van der Waals surface area contributed by atoms with E-state index in [-0.39, 0.29) is 6.04 Å². The summed E-state index contributed by atoms with van der Waals surface area (Å²) in [5, 5.41) is 0. The predicted molar refractivity (Wildman–Crippen MR) is 77.7 cm³/mol. The lowest BCUT2D eigenvalue weighted by molar-refractivity contribution is 0.290. The van der Waals surface area contributed by atoms with Gasteiger partial charge in [-0.1, -0.05) is 45.8 Å². The SMILES string of the molecule is Cc1ccc(OCC(N)c2cccc(Br)c2)cc1. The van der Waals surface area contributed by atoms with E-state index in [9.17, 15) is 0 Å². The Hall–Kier alpha value is -1.32. The highest BCUT2D eigenvalue weighted by Crippen LogP contribution is 2.18. The molecule has 0 aliphatic heterocycles. The molecule has 1 unspecified atom stereocenters. The van der Waals surface area contributed by atoms with Crippen LogP contribution >= 0.6 is 15.9 Å². The largest absolute Gasteiger partial charge is 0.492 e. The Morgan fingerprint density at radius 3 is 2.56 bits per heavy atom. The summed E-state index contributed by atoms with van der Waals surface area (Å²) in [5.74, 6) is 0.853. The third-order valence-electron chi connectivity index (χ3n) is 2.73. The maximum absolute atomic E-state index is 6.10. The molecule has 2 N–H and O–H groups in total. The fourth-order valence-corrected chi connectivity index (χ4v) is 2.07. The normalized spacial score (nSPS) is 12.2. The molecule has 94 valence electrons. The number of aryl methyl sites for hydroxylation is 1. The molecule has 18 heavy (non-hydrogen) atoms. The van der Waals surface area contributed by atoms with Crippen LogP contribution in [-0.2, 0) is 0 Å². The van der Waals surface area contributed by atoms with Gasteiger partial charge in [0, 0.05) is 4.47 Å². The van der Waals surface area contributed by atoms with Gasteiger partial charge >= 0.3 is 0 Å². The van der Waals surface area contributed by atoms with Crippen LogP contribution in [0.15, 0.2) is 53.0 Å². The molecule has 2 aromatic rings. The van der Waals surface area contributed by atoms with Gasteiger partial charge in [-0.25, -0.2) is 0 Å². The Labute approximate surface area is 116 Å². The minimum Gasteiger partial charge on any atom is -0.492 e. The third kappa shape index (κ3) is 3.59. The summed E-state index contributed by atoms with van der Waals surface area (Å²) in [6, 6.07) is 15.8. The van der Waals surface area contributed by atoms with Gasteiger partial charge in [0.1, 0.15) is 12.4 Å². The van der Waals surface area contributed by atoms with Crippen LogP contribution in [0.2, 0.25) is 0 Å². The average molecular weight is 306 g/mol. The second-order valence-electron chi connectivity index (χ2n) is 4.29. The van der Waals surface area contributed by atoms with Gasteiger partial charge in [-0.2, -0.15) is 0 Å².